The van der Waals surface area contributed by atoms with Crippen LogP contribution in [-0.4, -0.2) is 37.7 Å². The summed E-state index contributed by atoms with van der Waals surface area (Å²) in [6.07, 6.45) is 8.39. The number of unbranched alkanes of at least 4 members (excludes halogenated alkanes) is 2. The zero-order valence-electron chi connectivity index (χ0n) is 16.7. The minimum Gasteiger partial charge on any atom is -0.375 e. The standard InChI is InChI=1S/C22H39NO/c1-6-8-12-16-22(7-2,24-18-13-17-23(4)5)19-20(3)21-14-10-9-11-15-21/h9-11,14-15,20H,6-8,12-13,16-19H2,1-5H3. The van der Waals surface area contributed by atoms with Crippen molar-refractivity contribution in [3.8, 4) is 0 Å². The minimum absolute atomic E-state index is 0.0384. The fourth-order valence-electron chi connectivity index (χ4n) is 3.48. The van der Waals surface area contributed by atoms with Crippen molar-refractivity contribution in [1.82, 2.24) is 4.90 Å². The molecule has 2 heteroatoms. The number of ether oxygens (including phenoxy) is 1. The maximum absolute atomic E-state index is 6.54. The van der Waals surface area contributed by atoms with Crippen molar-refractivity contribution in [2.24, 2.45) is 0 Å². The predicted octanol–water partition coefficient (Wildman–Crippen LogP) is 5.88. The van der Waals surface area contributed by atoms with Crippen LogP contribution in [0.2, 0.25) is 0 Å². The number of rotatable bonds is 13. The Kier molecular flexibility index (Phi) is 10.3. The summed E-state index contributed by atoms with van der Waals surface area (Å²) in [6.45, 7) is 8.90. The summed E-state index contributed by atoms with van der Waals surface area (Å²) in [7, 11) is 4.26. The lowest BCUT2D eigenvalue weighted by molar-refractivity contribution is -0.0672. The van der Waals surface area contributed by atoms with Gasteiger partial charge in [-0.25, -0.2) is 0 Å². The average molecular weight is 334 g/mol. The van der Waals surface area contributed by atoms with Gasteiger partial charge in [0.1, 0.15) is 0 Å². The van der Waals surface area contributed by atoms with Crippen LogP contribution in [0.5, 0.6) is 0 Å². The van der Waals surface area contributed by atoms with Gasteiger partial charge in [0.2, 0.25) is 0 Å². The van der Waals surface area contributed by atoms with E-state index in [0.717, 1.165) is 32.4 Å². The first-order valence-electron chi connectivity index (χ1n) is 9.86. The largest absolute Gasteiger partial charge is 0.375 e. The van der Waals surface area contributed by atoms with Gasteiger partial charge in [-0.05, 0) is 57.8 Å². The van der Waals surface area contributed by atoms with Crippen molar-refractivity contribution in [2.45, 2.75) is 77.2 Å². The van der Waals surface area contributed by atoms with E-state index in [1.165, 1.54) is 31.2 Å². The van der Waals surface area contributed by atoms with E-state index >= 15 is 0 Å². The Balaban J connectivity index is 2.70. The number of benzene rings is 1. The molecule has 1 aromatic rings. The maximum atomic E-state index is 6.54. The van der Waals surface area contributed by atoms with Crippen LogP contribution >= 0.6 is 0 Å². The summed E-state index contributed by atoms with van der Waals surface area (Å²) in [4.78, 5) is 2.24. The van der Waals surface area contributed by atoms with Crippen LogP contribution in [0.25, 0.3) is 0 Å². The zero-order valence-corrected chi connectivity index (χ0v) is 16.7. The van der Waals surface area contributed by atoms with Crippen molar-refractivity contribution in [2.75, 3.05) is 27.2 Å². The Hall–Kier alpha value is -0.860. The first-order valence-corrected chi connectivity index (χ1v) is 9.86. The van der Waals surface area contributed by atoms with Gasteiger partial charge in [-0.15, -0.1) is 0 Å². The SMILES string of the molecule is CCCCCC(CC)(CC(C)c1ccccc1)OCCCN(C)C. The molecule has 1 rings (SSSR count). The molecule has 0 heterocycles. The summed E-state index contributed by atoms with van der Waals surface area (Å²) in [5, 5.41) is 0. The van der Waals surface area contributed by atoms with E-state index in [9.17, 15) is 0 Å². The van der Waals surface area contributed by atoms with E-state index in [1.807, 2.05) is 0 Å². The van der Waals surface area contributed by atoms with Crippen LogP contribution < -0.4 is 0 Å². The Bertz CT molecular complexity index is 417. The predicted molar refractivity (Wildman–Crippen MR) is 106 cm³/mol. The van der Waals surface area contributed by atoms with Gasteiger partial charge >= 0.3 is 0 Å². The summed E-state index contributed by atoms with van der Waals surface area (Å²) >= 11 is 0. The van der Waals surface area contributed by atoms with Gasteiger partial charge in [-0.2, -0.15) is 0 Å². The van der Waals surface area contributed by atoms with Crippen molar-refractivity contribution in [3.63, 3.8) is 0 Å². The third-order valence-corrected chi connectivity index (χ3v) is 5.08. The average Bonchev–Trinajstić information content (AvgIpc) is 2.59. The summed E-state index contributed by atoms with van der Waals surface area (Å²) in [5.74, 6) is 0.543. The summed E-state index contributed by atoms with van der Waals surface area (Å²) < 4.78 is 6.54. The fraction of sp³-hybridized carbons (Fsp3) is 0.727. The smallest absolute Gasteiger partial charge is 0.0685 e. The highest BCUT2D eigenvalue weighted by Crippen LogP contribution is 2.35. The molecule has 0 amide bonds. The third kappa shape index (κ3) is 7.81. The lowest BCUT2D eigenvalue weighted by Crippen LogP contribution is -2.34. The first-order chi connectivity index (χ1) is 11.5. The Morgan fingerprint density at radius 1 is 1.04 bits per heavy atom. The highest BCUT2D eigenvalue weighted by molar-refractivity contribution is 5.19. The molecule has 0 fully saturated rings. The highest BCUT2D eigenvalue weighted by Gasteiger charge is 2.31. The normalized spacial score (nSPS) is 15.4. The number of hydrogen-bond acceptors (Lipinski definition) is 2. The van der Waals surface area contributed by atoms with Crippen LogP contribution in [0.4, 0.5) is 0 Å². The van der Waals surface area contributed by atoms with Crippen molar-refractivity contribution >= 4 is 0 Å². The number of nitrogens with zero attached hydrogens (tertiary/aromatic N) is 1. The van der Waals surface area contributed by atoms with E-state index in [2.05, 4.69) is 70.1 Å². The molecule has 0 radical (unpaired) electrons. The fourth-order valence-corrected chi connectivity index (χ4v) is 3.48. The van der Waals surface area contributed by atoms with Crippen molar-refractivity contribution in [1.29, 1.82) is 0 Å². The summed E-state index contributed by atoms with van der Waals surface area (Å²) in [5.41, 5.74) is 1.47. The molecule has 0 spiro atoms. The molecule has 0 N–H and O–H groups in total. The molecule has 138 valence electrons. The lowest BCUT2D eigenvalue weighted by Gasteiger charge is -2.36. The second-order valence-electron chi connectivity index (χ2n) is 7.51. The molecule has 0 aliphatic rings. The van der Waals surface area contributed by atoms with E-state index in [1.54, 1.807) is 0 Å². The Labute approximate surface area is 150 Å². The van der Waals surface area contributed by atoms with E-state index < -0.39 is 0 Å². The van der Waals surface area contributed by atoms with Gasteiger partial charge in [0.25, 0.3) is 0 Å². The molecule has 0 aromatic heterocycles. The molecule has 2 atom stereocenters. The molecule has 0 aliphatic carbocycles. The topological polar surface area (TPSA) is 12.5 Å². The first kappa shape index (κ1) is 21.2. The molecule has 0 bridgehead atoms. The molecule has 2 nitrogen and oxygen atoms in total. The summed E-state index contributed by atoms with van der Waals surface area (Å²) in [6, 6.07) is 10.9. The Morgan fingerprint density at radius 2 is 1.75 bits per heavy atom. The van der Waals surface area contributed by atoms with Gasteiger partial charge in [0.15, 0.2) is 0 Å². The monoisotopic (exact) mass is 333 g/mol. The molecule has 1 aromatic carbocycles. The van der Waals surface area contributed by atoms with Crippen LogP contribution in [0.3, 0.4) is 0 Å². The van der Waals surface area contributed by atoms with Gasteiger partial charge in [-0.1, -0.05) is 70.4 Å². The quantitative estimate of drug-likeness (QED) is 0.418. The molecule has 0 saturated carbocycles. The number of hydrogen-bond donors (Lipinski definition) is 0. The molecule has 0 aliphatic heterocycles. The van der Waals surface area contributed by atoms with Crippen molar-refractivity contribution in [3.05, 3.63) is 35.9 Å². The van der Waals surface area contributed by atoms with Crippen LogP contribution in [0, 0.1) is 0 Å². The van der Waals surface area contributed by atoms with Crippen molar-refractivity contribution < 1.29 is 4.74 Å². The third-order valence-electron chi connectivity index (χ3n) is 5.08. The zero-order chi connectivity index (χ0) is 17.8. The molecule has 0 saturated heterocycles. The molecular formula is C22H39NO. The van der Waals surface area contributed by atoms with Gasteiger partial charge in [-0.3, -0.25) is 0 Å². The van der Waals surface area contributed by atoms with Gasteiger partial charge < -0.3 is 9.64 Å². The van der Waals surface area contributed by atoms with Gasteiger partial charge in [0.05, 0.1) is 5.60 Å². The molecule has 24 heavy (non-hydrogen) atoms. The molecular weight excluding hydrogens is 294 g/mol. The van der Waals surface area contributed by atoms with E-state index in [0.29, 0.717) is 5.92 Å². The van der Waals surface area contributed by atoms with E-state index in [4.69, 9.17) is 4.74 Å². The molecule has 2 unspecified atom stereocenters. The van der Waals surface area contributed by atoms with Crippen LogP contribution in [0.15, 0.2) is 30.3 Å². The lowest BCUT2D eigenvalue weighted by atomic mass is 9.82. The van der Waals surface area contributed by atoms with Crippen LogP contribution in [-0.2, 0) is 4.74 Å². The highest BCUT2D eigenvalue weighted by atomic mass is 16.5. The Morgan fingerprint density at radius 3 is 2.33 bits per heavy atom. The second kappa shape index (κ2) is 11.7. The van der Waals surface area contributed by atoms with Crippen LogP contribution in [0.1, 0.15) is 77.2 Å². The minimum atomic E-state index is 0.0384. The van der Waals surface area contributed by atoms with Gasteiger partial charge in [0, 0.05) is 6.61 Å². The second-order valence-corrected chi connectivity index (χ2v) is 7.51. The maximum Gasteiger partial charge on any atom is 0.0685 e. The van der Waals surface area contributed by atoms with E-state index in [-0.39, 0.29) is 5.60 Å².